The van der Waals surface area contributed by atoms with Crippen LogP contribution in [0.2, 0.25) is 10.0 Å². The number of nitrogens with zero attached hydrogens (tertiary/aromatic N) is 5. The van der Waals surface area contributed by atoms with Crippen molar-refractivity contribution in [2.45, 2.75) is 40.2 Å². The van der Waals surface area contributed by atoms with E-state index in [1.807, 2.05) is 37.4 Å². The number of pyridine rings is 2. The number of aromatic nitrogens is 2. The van der Waals surface area contributed by atoms with Crippen LogP contribution in [-0.2, 0) is 22.6 Å². The zero-order valence-corrected chi connectivity index (χ0v) is 24.9. The van der Waals surface area contributed by atoms with Gasteiger partial charge in [-0.25, -0.2) is 0 Å². The molecule has 0 spiro atoms. The highest BCUT2D eigenvalue weighted by molar-refractivity contribution is 6.35. The first-order valence-corrected chi connectivity index (χ1v) is 14.1. The van der Waals surface area contributed by atoms with Crippen LogP contribution in [0, 0.1) is 5.41 Å². The van der Waals surface area contributed by atoms with Crippen molar-refractivity contribution in [3.8, 4) is 5.75 Å². The van der Waals surface area contributed by atoms with E-state index in [9.17, 15) is 9.59 Å². The molecule has 1 aliphatic heterocycles. The van der Waals surface area contributed by atoms with E-state index in [2.05, 4.69) is 20.9 Å². The van der Waals surface area contributed by atoms with Crippen molar-refractivity contribution < 1.29 is 14.3 Å². The van der Waals surface area contributed by atoms with Gasteiger partial charge in [-0.1, -0.05) is 29.3 Å². The minimum Gasteiger partial charge on any atom is -0.493 e. The number of amides is 2. The number of hydrogen-bond acceptors (Lipinski definition) is 6. The van der Waals surface area contributed by atoms with Gasteiger partial charge in [-0.2, -0.15) is 0 Å². The summed E-state index contributed by atoms with van der Waals surface area (Å²) in [4.78, 5) is 40.0. The highest BCUT2D eigenvalue weighted by atomic mass is 35.5. The molecule has 0 aliphatic carbocycles. The van der Waals surface area contributed by atoms with Gasteiger partial charge in [0.15, 0.2) is 0 Å². The van der Waals surface area contributed by atoms with Crippen LogP contribution in [0.1, 0.15) is 38.3 Å². The van der Waals surface area contributed by atoms with Crippen molar-refractivity contribution >= 4 is 46.4 Å². The maximum atomic E-state index is 13.1. The normalized spacial score (nSPS) is 14.9. The van der Waals surface area contributed by atoms with E-state index in [4.69, 9.17) is 27.9 Å². The zero-order valence-electron chi connectivity index (χ0n) is 23.4. The predicted octanol–water partition coefficient (Wildman–Crippen LogP) is 5.65. The number of rotatable bonds is 11. The molecule has 0 atom stereocenters. The van der Waals surface area contributed by atoms with Crippen molar-refractivity contribution in [1.82, 2.24) is 14.9 Å². The Morgan fingerprint density at radius 1 is 0.975 bits per heavy atom. The second-order valence-electron chi connectivity index (χ2n) is 10.4. The highest BCUT2D eigenvalue weighted by Crippen LogP contribution is 2.40. The van der Waals surface area contributed by atoms with Gasteiger partial charge in [0, 0.05) is 69.6 Å². The number of carbonyl (C=O) groups is 2. The summed E-state index contributed by atoms with van der Waals surface area (Å²) < 4.78 is 6.11. The summed E-state index contributed by atoms with van der Waals surface area (Å²) in [5.41, 5.74) is 2.21. The molecule has 3 aromatic rings. The van der Waals surface area contributed by atoms with Gasteiger partial charge in [0.25, 0.3) is 0 Å². The van der Waals surface area contributed by atoms with Gasteiger partial charge in [0.2, 0.25) is 11.8 Å². The van der Waals surface area contributed by atoms with Gasteiger partial charge in [-0.15, -0.1) is 0 Å². The first-order chi connectivity index (χ1) is 19.1. The SMILES string of the molecule is CCN1C(=O)C(C)(C)C(=O)N(C)c2cc(OCCCN(CCc3cccnc3)Cc3c(Cl)cncc3Cl)ccc21. The van der Waals surface area contributed by atoms with Gasteiger partial charge in [-0.05, 0) is 57.4 Å². The summed E-state index contributed by atoms with van der Waals surface area (Å²) in [7, 11) is 1.70. The van der Waals surface area contributed by atoms with Gasteiger partial charge in [-0.3, -0.25) is 24.5 Å². The van der Waals surface area contributed by atoms with E-state index in [-0.39, 0.29) is 11.8 Å². The Morgan fingerprint density at radius 2 is 1.73 bits per heavy atom. The summed E-state index contributed by atoms with van der Waals surface area (Å²) in [6.45, 7) is 8.33. The van der Waals surface area contributed by atoms with E-state index in [0.29, 0.717) is 46.9 Å². The molecule has 0 N–H and O–H groups in total. The van der Waals surface area contributed by atoms with Crippen LogP contribution in [0.25, 0.3) is 0 Å². The molecule has 2 aromatic heterocycles. The molecule has 0 radical (unpaired) electrons. The number of anilines is 2. The number of ether oxygens (including phenoxy) is 1. The van der Waals surface area contributed by atoms with Crippen molar-refractivity contribution in [1.29, 1.82) is 0 Å². The lowest BCUT2D eigenvalue weighted by Crippen LogP contribution is -2.47. The molecule has 0 saturated carbocycles. The van der Waals surface area contributed by atoms with Crippen molar-refractivity contribution in [2.24, 2.45) is 5.41 Å². The summed E-state index contributed by atoms with van der Waals surface area (Å²) >= 11 is 12.8. The first-order valence-electron chi connectivity index (χ1n) is 13.4. The largest absolute Gasteiger partial charge is 0.493 e. The minimum absolute atomic E-state index is 0.208. The Bertz CT molecular complexity index is 1330. The Kier molecular flexibility index (Phi) is 9.66. The third kappa shape index (κ3) is 6.57. The molecule has 10 heteroatoms. The molecule has 212 valence electrons. The molecule has 1 aromatic carbocycles. The summed E-state index contributed by atoms with van der Waals surface area (Å²) in [6.07, 6.45) is 8.46. The molecule has 3 heterocycles. The van der Waals surface area contributed by atoms with E-state index in [0.717, 1.165) is 37.1 Å². The molecule has 0 bridgehead atoms. The van der Waals surface area contributed by atoms with Crippen LogP contribution in [0.3, 0.4) is 0 Å². The topological polar surface area (TPSA) is 78.9 Å². The van der Waals surface area contributed by atoms with Crippen molar-refractivity contribution in [3.05, 3.63) is 76.3 Å². The van der Waals surface area contributed by atoms with E-state index >= 15 is 0 Å². The standard InChI is InChI=1S/C30H35Cl2N5O3/c1-5-37-26-10-9-22(16-27(26)35(4)28(38)30(2,3)29(37)39)40-15-7-13-36(14-11-21-8-6-12-33-17-21)20-23-24(31)18-34-19-25(23)32/h6,8-10,12,16-19H,5,7,11,13-15,20H2,1-4H3. The molecule has 8 nitrogen and oxygen atoms in total. The third-order valence-electron chi connectivity index (χ3n) is 7.20. The fourth-order valence-electron chi connectivity index (χ4n) is 4.86. The Hall–Kier alpha value is -3.20. The molecule has 4 rings (SSSR count). The Labute approximate surface area is 245 Å². The molecule has 0 saturated heterocycles. The Balaban J connectivity index is 1.43. The second-order valence-corrected chi connectivity index (χ2v) is 11.2. The molecule has 0 fully saturated rings. The molecule has 0 unspecified atom stereocenters. The lowest BCUT2D eigenvalue weighted by atomic mass is 9.90. The Morgan fingerprint density at radius 3 is 2.40 bits per heavy atom. The van der Waals surface area contributed by atoms with Gasteiger partial charge in [0.1, 0.15) is 11.2 Å². The average molecular weight is 585 g/mol. The minimum atomic E-state index is -1.15. The van der Waals surface area contributed by atoms with Gasteiger partial charge >= 0.3 is 0 Å². The summed E-state index contributed by atoms with van der Waals surface area (Å²) in [5.74, 6) is 0.188. The first kappa shape index (κ1) is 29.8. The quantitative estimate of drug-likeness (QED) is 0.214. The summed E-state index contributed by atoms with van der Waals surface area (Å²) in [6, 6.07) is 9.54. The molecular formula is C30H35Cl2N5O3. The highest BCUT2D eigenvalue weighted by Gasteiger charge is 2.45. The molecule has 2 amide bonds. The number of hydrogen-bond donors (Lipinski definition) is 0. The maximum absolute atomic E-state index is 13.1. The zero-order chi connectivity index (χ0) is 28.9. The van der Waals surface area contributed by atoms with Crippen LogP contribution in [0.15, 0.2) is 55.1 Å². The summed E-state index contributed by atoms with van der Waals surface area (Å²) in [5, 5.41) is 1.09. The van der Waals surface area contributed by atoms with E-state index in [1.165, 1.54) is 0 Å². The van der Waals surface area contributed by atoms with Gasteiger partial charge in [0.05, 0.1) is 28.0 Å². The van der Waals surface area contributed by atoms with Gasteiger partial charge < -0.3 is 14.5 Å². The average Bonchev–Trinajstić information content (AvgIpc) is 3.00. The smallest absolute Gasteiger partial charge is 0.242 e. The van der Waals surface area contributed by atoms with Crippen molar-refractivity contribution in [3.63, 3.8) is 0 Å². The fourth-order valence-corrected chi connectivity index (χ4v) is 5.35. The van der Waals surface area contributed by atoms with Crippen molar-refractivity contribution in [2.75, 3.05) is 43.1 Å². The molecular weight excluding hydrogens is 549 g/mol. The fraction of sp³-hybridized carbons (Fsp3) is 0.400. The van der Waals surface area contributed by atoms with Crippen LogP contribution in [0.5, 0.6) is 5.75 Å². The van der Waals surface area contributed by atoms with Crippen LogP contribution in [-0.4, -0.2) is 60.0 Å². The monoisotopic (exact) mass is 583 g/mol. The maximum Gasteiger partial charge on any atom is 0.242 e. The van der Waals surface area contributed by atoms with E-state index in [1.54, 1.807) is 49.3 Å². The predicted molar refractivity (Wildman–Crippen MR) is 159 cm³/mol. The molecule has 40 heavy (non-hydrogen) atoms. The lowest BCUT2D eigenvalue weighted by molar-refractivity contribution is -0.137. The van der Waals surface area contributed by atoms with E-state index < -0.39 is 5.41 Å². The number of benzene rings is 1. The lowest BCUT2D eigenvalue weighted by Gasteiger charge is -2.27. The number of carbonyl (C=O) groups excluding carboxylic acids is 2. The van der Waals surface area contributed by atoms with Crippen LogP contribution < -0.4 is 14.5 Å². The van der Waals surface area contributed by atoms with Crippen LogP contribution >= 0.6 is 23.2 Å². The van der Waals surface area contributed by atoms with Crippen LogP contribution in [0.4, 0.5) is 11.4 Å². The number of halogens is 2. The number of fused-ring (bicyclic) bond motifs is 1. The third-order valence-corrected chi connectivity index (χ3v) is 7.85. The molecule has 1 aliphatic rings. The second kappa shape index (κ2) is 13.0.